The Morgan fingerprint density at radius 3 is 2.50 bits per heavy atom. The predicted octanol–water partition coefficient (Wildman–Crippen LogP) is 2.63. The van der Waals surface area contributed by atoms with Crippen LogP contribution in [0.3, 0.4) is 0 Å². The van der Waals surface area contributed by atoms with Crippen molar-refractivity contribution in [3.05, 3.63) is 0 Å². The van der Waals surface area contributed by atoms with Crippen LogP contribution in [0.5, 0.6) is 0 Å². The van der Waals surface area contributed by atoms with Crippen molar-refractivity contribution in [3.63, 3.8) is 0 Å². The van der Waals surface area contributed by atoms with Gasteiger partial charge in [-0.1, -0.05) is 0 Å². The highest BCUT2D eigenvalue weighted by Gasteiger charge is 2.27. The fourth-order valence-electron chi connectivity index (χ4n) is 0.841. The van der Waals surface area contributed by atoms with Gasteiger partial charge in [-0.2, -0.15) is 13.2 Å². The topological polar surface area (TPSA) is 12.0 Å². The summed E-state index contributed by atoms with van der Waals surface area (Å²) in [5, 5.41) is 2.93. The van der Waals surface area contributed by atoms with E-state index < -0.39 is 5.51 Å². The van der Waals surface area contributed by atoms with Crippen molar-refractivity contribution in [2.75, 3.05) is 18.8 Å². The molecule has 0 aromatic carbocycles. The third kappa shape index (κ3) is 11.7. The molecule has 0 spiro atoms. The van der Waals surface area contributed by atoms with E-state index in [-0.39, 0.29) is 17.5 Å². The van der Waals surface area contributed by atoms with Gasteiger partial charge >= 0.3 is 5.51 Å². The molecular formula is C9H14F3NS. The van der Waals surface area contributed by atoms with Crippen LogP contribution >= 0.6 is 11.8 Å². The SMILES string of the molecule is C#CCCCCNCCSC(F)(F)F. The van der Waals surface area contributed by atoms with Crippen molar-refractivity contribution in [3.8, 4) is 12.3 Å². The number of halogens is 3. The Hall–Kier alpha value is -0.340. The molecule has 0 aliphatic heterocycles. The first-order valence-electron chi connectivity index (χ1n) is 4.41. The van der Waals surface area contributed by atoms with Gasteiger partial charge in [0, 0.05) is 18.7 Å². The van der Waals surface area contributed by atoms with Crippen molar-refractivity contribution in [2.24, 2.45) is 0 Å². The Morgan fingerprint density at radius 2 is 1.93 bits per heavy atom. The molecule has 82 valence electrons. The average molecular weight is 225 g/mol. The highest BCUT2D eigenvalue weighted by atomic mass is 32.2. The fraction of sp³-hybridized carbons (Fsp3) is 0.778. The summed E-state index contributed by atoms with van der Waals surface area (Å²) >= 11 is 0.00702. The van der Waals surface area contributed by atoms with Gasteiger partial charge in [-0.05, 0) is 31.1 Å². The molecule has 0 aromatic rings. The molecule has 0 amide bonds. The molecule has 0 fully saturated rings. The second kappa shape index (κ2) is 8.01. The highest BCUT2D eigenvalue weighted by molar-refractivity contribution is 8.00. The third-order valence-corrected chi connectivity index (χ3v) is 2.20. The third-order valence-electron chi connectivity index (χ3n) is 1.47. The number of nitrogens with one attached hydrogen (secondary N) is 1. The highest BCUT2D eigenvalue weighted by Crippen LogP contribution is 2.29. The minimum Gasteiger partial charge on any atom is -0.316 e. The lowest BCUT2D eigenvalue weighted by Gasteiger charge is -2.06. The van der Waals surface area contributed by atoms with E-state index in [1.54, 1.807) is 0 Å². The van der Waals surface area contributed by atoms with Crippen LogP contribution in [0.1, 0.15) is 19.3 Å². The van der Waals surface area contributed by atoms with Crippen molar-refractivity contribution in [1.29, 1.82) is 0 Å². The summed E-state index contributed by atoms with van der Waals surface area (Å²) in [6, 6.07) is 0. The van der Waals surface area contributed by atoms with Crippen molar-refractivity contribution in [2.45, 2.75) is 24.8 Å². The Kier molecular flexibility index (Phi) is 7.81. The minimum absolute atomic E-state index is 0.00702. The van der Waals surface area contributed by atoms with Crippen LogP contribution in [-0.2, 0) is 0 Å². The predicted molar refractivity (Wildman–Crippen MR) is 54.1 cm³/mol. The van der Waals surface area contributed by atoms with Gasteiger partial charge in [0.15, 0.2) is 0 Å². The standard InChI is InChI=1S/C9H14F3NS/c1-2-3-4-5-6-13-7-8-14-9(10,11)12/h1,13H,3-8H2. The van der Waals surface area contributed by atoms with E-state index in [0.717, 1.165) is 25.8 Å². The summed E-state index contributed by atoms with van der Waals surface area (Å²) in [7, 11) is 0. The van der Waals surface area contributed by atoms with Gasteiger partial charge in [0.25, 0.3) is 0 Å². The van der Waals surface area contributed by atoms with E-state index in [4.69, 9.17) is 6.42 Å². The minimum atomic E-state index is -4.11. The van der Waals surface area contributed by atoms with E-state index in [1.807, 2.05) is 0 Å². The van der Waals surface area contributed by atoms with Gasteiger partial charge in [0.05, 0.1) is 0 Å². The van der Waals surface area contributed by atoms with Gasteiger partial charge in [0.1, 0.15) is 0 Å². The fourth-order valence-corrected chi connectivity index (χ4v) is 1.32. The molecule has 0 heterocycles. The summed E-state index contributed by atoms with van der Waals surface area (Å²) in [6.07, 6.45) is 7.62. The molecule has 0 rings (SSSR count). The normalized spacial score (nSPS) is 11.3. The zero-order chi connectivity index (χ0) is 10.9. The van der Waals surface area contributed by atoms with Crippen LogP contribution in [0.4, 0.5) is 13.2 Å². The molecule has 0 radical (unpaired) electrons. The van der Waals surface area contributed by atoms with Gasteiger partial charge in [-0.25, -0.2) is 0 Å². The molecule has 0 unspecified atom stereocenters. The zero-order valence-corrected chi connectivity index (χ0v) is 8.68. The molecular weight excluding hydrogens is 211 g/mol. The van der Waals surface area contributed by atoms with E-state index in [9.17, 15) is 13.2 Å². The first kappa shape index (κ1) is 13.7. The molecule has 0 saturated heterocycles. The van der Waals surface area contributed by atoms with E-state index in [2.05, 4.69) is 11.2 Å². The Balaban J connectivity index is 3.04. The lowest BCUT2D eigenvalue weighted by molar-refractivity contribution is -0.0327. The number of terminal acetylenes is 1. The van der Waals surface area contributed by atoms with Gasteiger partial charge in [-0.15, -0.1) is 12.3 Å². The summed E-state index contributed by atoms with van der Waals surface area (Å²) in [5.41, 5.74) is -4.11. The first-order chi connectivity index (χ1) is 6.56. The van der Waals surface area contributed by atoms with Crippen LogP contribution in [0.15, 0.2) is 0 Å². The Bertz CT molecular complexity index is 174. The maximum Gasteiger partial charge on any atom is 0.441 e. The largest absolute Gasteiger partial charge is 0.441 e. The smallest absolute Gasteiger partial charge is 0.316 e. The molecule has 0 aliphatic carbocycles. The monoisotopic (exact) mass is 225 g/mol. The van der Waals surface area contributed by atoms with Crippen LogP contribution in [0.25, 0.3) is 0 Å². The molecule has 0 aromatic heterocycles. The van der Waals surface area contributed by atoms with Gasteiger partial charge < -0.3 is 5.32 Å². The van der Waals surface area contributed by atoms with Crippen LogP contribution < -0.4 is 5.32 Å². The number of hydrogen-bond donors (Lipinski definition) is 1. The van der Waals surface area contributed by atoms with Gasteiger partial charge in [-0.3, -0.25) is 0 Å². The summed E-state index contributed by atoms with van der Waals surface area (Å²) in [6.45, 7) is 1.13. The maximum absolute atomic E-state index is 11.6. The van der Waals surface area contributed by atoms with E-state index >= 15 is 0 Å². The molecule has 0 bridgehead atoms. The molecule has 0 aliphatic rings. The van der Waals surface area contributed by atoms with Crippen molar-refractivity contribution in [1.82, 2.24) is 5.32 Å². The Labute approximate surface area is 86.8 Å². The lowest BCUT2D eigenvalue weighted by atomic mass is 10.2. The van der Waals surface area contributed by atoms with E-state index in [1.165, 1.54) is 0 Å². The van der Waals surface area contributed by atoms with Crippen LogP contribution in [-0.4, -0.2) is 24.4 Å². The van der Waals surface area contributed by atoms with Crippen molar-refractivity contribution >= 4 is 11.8 Å². The number of rotatable bonds is 7. The summed E-state index contributed by atoms with van der Waals surface area (Å²) < 4.78 is 34.9. The quantitative estimate of drug-likeness (QED) is 0.528. The molecule has 1 nitrogen and oxygen atoms in total. The van der Waals surface area contributed by atoms with Crippen LogP contribution in [0, 0.1) is 12.3 Å². The van der Waals surface area contributed by atoms with Crippen LogP contribution in [0.2, 0.25) is 0 Å². The summed E-state index contributed by atoms with van der Waals surface area (Å²) in [5.74, 6) is 2.58. The molecule has 5 heteroatoms. The van der Waals surface area contributed by atoms with Crippen molar-refractivity contribution < 1.29 is 13.2 Å². The summed E-state index contributed by atoms with van der Waals surface area (Å²) in [4.78, 5) is 0. The lowest BCUT2D eigenvalue weighted by Crippen LogP contribution is -2.19. The second-order valence-electron chi connectivity index (χ2n) is 2.71. The zero-order valence-electron chi connectivity index (χ0n) is 7.86. The maximum atomic E-state index is 11.6. The Morgan fingerprint density at radius 1 is 1.21 bits per heavy atom. The molecule has 1 N–H and O–H groups in total. The number of alkyl halides is 3. The van der Waals surface area contributed by atoms with Gasteiger partial charge in [0.2, 0.25) is 0 Å². The number of hydrogen-bond acceptors (Lipinski definition) is 2. The molecule has 0 saturated carbocycles. The number of unbranched alkanes of at least 4 members (excludes halogenated alkanes) is 2. The number of thioether (sulfide) groups is 1. The first-order valence-corrected chi connectivity index (χ1v) is 5.39. The molecule has 14 heavy (non-hydrogen) atoms. The second-order valence-corrected chi connectivity index (χ2v) is 3.87. The van der Waals surface area contributed by atoms with E-state index in [0.29, 0.717) is 6.54 Å². The molecule has 0 atom stereocenters. The average Bonchev–Trinajstić information content (AvgIpc) is 2.08.